The Bertz CT molecular complexity index is 1300. The molecule has 0 saturated carbocycles. The van der Waals surface area contributed by atoms with Gasteiger partial charge in [0.15, 0.2) is 5.82 Å². The van der Waals surface area contributed by atoms with Crippen LogP contribution in [0.3, 0.4) is 0 Å². The Morgan fingerprint density at radius 2 is 1.66 bits per heavy atom. The van der Waals surface area contributed by atoms with Gasteiger partial charge in [-0.3, -0.25) is 9.48 Å². The maximum Gasteiger partial charge on any atom is 0.259 e. The predicted molar refractivity (Wildman–Crippen MR) is 121 cm³/mol. The maximum atomic E-state index is 12.6. The predicted octanol–water partition coefficient (Wildman–Crippen LogP) is 3.98. The molecule has 1 aromatic carbocycles. The second-order valence-corrected chi connectivity index (χ2v) is 7.67. The molecule has 0 fully saturated rings. The molecule has 9 heteroatoms. The number of nitrogens with zero attached hydrogens (tertiary/aromatic N) is 6. The number of amides is 1. The van der Waals surface area contributed by atoms with Crippen LogP contribution in [0.1, 0.15) is 38.7 Å². The van der Waals surface area contributed by atoms with Crippen LogP contribution in [-0.2, 0) is 7.05 Å². The third-order valence-corrected chi connectivity index (χ3v) is 5.57. The van der Waals surface area contributed by atoms with Crippen LogP contribution in [-0.4, -0.2) is 35.4 Å². The van der Waals surface area contributed by atoms with E-state index in [1.165, 1.54) is 6.33 Å². The molecular weight excluding hydrogens is 406 g/mol. The molecule has 0 unspecified atom stereocenters. The largest absolute Gasteiger partial charge is 0.439 e. The number of benzene rings is 1. The first-order chi connectivity index (χ1) is 15.2. The summed E-state index contributed by atoms with van der Waals surface area (Å²) in [6, 6.07) is 8.84. The molecular formula is C23H25N7O2. The molecule has 0 spiro atoms. The van der Waals surface area contributed by atoms with Crippen LogP contribution < -0.4 is 10.1 Å². The number of aromatic nitrogens is 6. The van der Waals surface area contributed by atoms with Gasteiger partial charge in [-0.25, -0.2) is 14.6 Å². The number of rotatable bonds is 5. The van der Waals surface area contributed by atoms with Crippen molar-refractivity contribution in [1.29, 1.82) is 0 Å². The molecule has 0 aliphatic carbocycles. The maximum absolute atomic E-state index is 12.6. The molecule has 0 bridgehead atoms. The van der Waals surface area contributed by atoms with Crippen molar-refractivity contribution in [3.8, 4) is 17.4 Å². The minimum Gasteiger partial charge on any atom is -0.439 e. The summed E-state index contributed by atoms with van der Waals surface area (Å²) in [5, 5.41) is 11.7. The number of carbonyl (C=O) groups is 1. The summed E-state index contributed by atoms with van der Waals surface area (Å²) in [5.41, 5.74) is 5.86. The standard InChI is InChI=1S/C23H25N7O2/c1-13-14(2)28-30(16(13)4)20-11-21(25-12-24-20)32-19-9-7-18(8-10-19)26-23(31)22-15(3)27-29(6)17(22)5/h7-12H,1-6H3,(H,26,31). The lowest BCUT2D eigenvalue weighted by atomic mass is 10.2. The highest BCUT2D eigenvalue weighted by molar-refractivity contribution is 6.05. The van der Waals surface area contributed by atoms with Crippen molar-refractivity contribution in [3.05, 3.63) is 70.6 Å². The van der Waals surface area contributed by atoms with E-state index in [-0.39, 0.29) is 5.91 Å². The van der Waals surface area contributed by atoms with E-state index in [9.17, 15) is 4.79 Å². The van der Waals surface area contributed by atoms with Crippen LogP contribution in [0, 0.1) is 34.6 Å². The summed E-state index contributed by atoms with van der Waals surface area (Å²) in [4.78, 5) is 21.2. The molecule has 9 nitrogen and oxygen atoms in total. The van der Waals surface area contributed by atoms with Gasteiger partial charge in [0.25, 0.3) is 5.91 Å². The Morgan fingerprint density at radius 1 is 0.938 bits per heavy atom. The van der Waals surface area contributed by atoms with E-state index in [4.69, 9.17) is 4.74 Å². The first kappa shape index (κ1) is 21.2. The number of ether oxygens (including phenoxy) is 1. The molecule has 0 aliphatic rings. The van der Waals surface area contributed by atoms with Crippen LogP contribution in [0.5, 0.6) is 11.6 Å². The summed E-state index contributed by atoms with van der Waals surface area (Å²) in [6.45, 7) is 9.69. The molecule has 3 aromatic heterocycles. The first-order valence-corrected chi connectivity index (χ1v) is 10.2. The fourth-order valence-corrected chi connectivity index (χ4v) is 3.47. The molecule has 1 amide bonds. The number of hydrogen-bond acceptors (Lipinski definition) is 6. The molecule has 32 heavy (non-hydrogen) atoms. The quantitative estimate of drug-likeness (QED) is 0.513. The fourth-order valence-electron chi connectivity index (χ4n) is 3.47. The third kappa shape index (κ3) is 3.96. The number of carbonyl (C=O) groups excluding carboxylic acids is 1. The summed E-state index contributed by atoms with van der Waals surface area (Å²) < 4.78 is 9.36. The summed E-state index contributed by atoms with van der Waals surface area (Å²) in [6.07, 6.45) is 1.45. The summed E-state index contributed by atoms with van der Waals surface area (Å²) >= 11 is 0. The second-order valence-electron chi connectivity index (χ2n) is 7.67. The van der Waals surface area contributed by atoms with Gasteiger partial charge in [0.05, 0.1) is 17.0 Å². The van der Waals surface area contributed by atoms with Crippen LogP contribution in [0.4, 0.5) is 5.69 Å². The van der Waals surface area contributed by atoms with Gasteiger partial charge in [-0.05, 0) is 64.4 Å². The first-order valence-electron chi connectivity index (χ1n) is 10.2. The zero-order valence-electron chi connectivity index (χ0n) is 19.0. The summed E-state index contributed by atoms with van der Waals surface area (Å²) in [7, 11) is 1.82. The Hall–Kier alpha value is -4.01. The average molecular weight is 432 g/mol. The van der Waals surface area contributed by atoms with E-state index in [0.717, 1.165) is 22.6 Å². The molecule has 0 saturated heterocycles. The molecule has 4 aromatic rings. The number of aryl methyl sites for hydroxylation is 3. The highest BCUT2D eigenvalue weighted by Crippen LogP contribution is 2.24. The monoisotopic (exact) mass is 431 g/mol. The Labute approximate surface area is 186 Å². The second kappa shape index (κ2) is 8.26. The minimum atomic E-state index is -0.192. The highest BCUT2D eigenvalue weighted by Gasteiger charge is 2.17. The van der Waals surface area contributed by atoms with E-state index < -0.39 is 0 Å². The molecule has 164 valence electrons. The van der Waals surface area contributed by atoms with Crippen molar-refractivity contribution in [1.82, 2.24) is 29.5 Å². The molecule has 4 rings (SSSR count). The van der Waals surface area contributed by atoms with Crippen molar-refractivity contribution < 1.29 is 9.53 Å². The van der Waals surface area contributed by atoms with E-state index in [2.05, 4.69) is 25.5 Å². The van der Waals surface area contributed by atoms with Gasteiger partial charge >= 0.3 is 0 Å². The smallest absolute Gasteiger partial charge is 0.259 e. The lowest BCUT2D eigenvalue weighted by Gasteiger charge is -2.09. The third-order valence-electron chi connectivity index (χ3n) is 5.57. The SMILES string of the molecule is Cc1nn(-c2cc(Oc3ccc(NC(=O)c4c(C)nn(C)c4C)cc3)ncn2)c(C)c1C. The molecule has 0 aliphatic heterocycles. The van der Waals surface area contributed by atoms with Crippen molar-refractivity contribution in [2.24, 2.45) is 7.05 Å². The van der Waals surface area contributed by atoms with E-state index in [0.29, 0.717) is 34.4 Å². The molecule has 0 atom stereocenters. The Kier molecular flexibility index (Phi) is 5.48. The van der Waals surface area contributed by atoms with Crippen LogP contribution in [0.25, 0.3) is 5.82 Å². The zero-order chi connectivity index (χ0) is 23.0. The van der Waals surface area contributed by atoms with Crippen molar-refractivity contribution >= 4 is 11.6 Å². The van der Waals surface area contributed by atoms with Gasteiger partial charge < -0.3 is 10.1 Å². The van der Waals surface area contributed by atoms with Gasteiger partial charge in [0, 0.05) is 30.2 Å². The number of nitrogens with one attached hydrogen (secondary N) is 1. The Balaban J connectivity index is 1.48. The van der Waals surface area contributed by atoms with Gasteiger partial charge in [-0.1, -0.05) is 0 Å². The average Bonchev–Trinajstić information content (AvgIpc) is 3.18. The van der Waals surface area contributed by atoms with E-state index in [1.807, 2.05) is 41.7 Å². The van der Waals surface area contributed by atoms with Crippen LogP contribution in [0.15, 0.2) is 36.7 Å². The normalized spacial score (nSPS) is 10.9. The Morgan fingerprint density at radius 3 is 2.25 bits per heavy atom. The van der Waals surface area contributed by atoms with Crippen molar-refractivity contribution in [2.75, 3.05) is 5.32 Å². The van der Waals surface area contributed by atoms with Gasteiger partial charge in [0.2, 0.25) is 5.88 Å². The lowest BCUT2D eigenvalue weighted by Crippen LogP contribution is -2.14. The van der Waals surface area contributed by atoms with Gasteiger partial charge in [-0.15, -0.1) is 0 Å². The minimum absolute atomic E-state index is 0.192. The molecule has 0 radical (unpaired) electrons. The van der Waals surface area contributed by atoms with Gasteiger partial charge in [-0.2, -0.15) is 10.2 Å². The lowest BCUT2D eigenvalue weighted by molar-refractivity contribution is 0.102. The van der Waals surface area contributed by atoms with Gasteiger partial charge in [0.1, 0.15) is 12.1 Å². The zero-order valence-corrected chi connectivity index (χ0v) is 19.0. The number of hydrogen-bond donors (Lipinski definition) is 1. The van der Waals surface area contributed by atoms with Crippen molar-refractivity contribution in [2.45, 2.75) is 34.6 Å². The van der Waals surface area contributed by atoms with E-state index >= 15 is 0 Å². The fraction of sp³-hybridized carbons (Fsp3) is 0.261. The highest BCUT2D eigenvalue weighted by atomic mass is 16.5. The van der Waals surface area contributed by atoms with Crippen molar-refractivity contribution in [3.63, 3.8) is 0 Å². The number of anilines is 1. The molecule has 1 N–H and O–H groups in total. The molecule has 3 heterocycles. The van der Waals surface area contributed by atoms with Crippen LogP contribution >= 0.6 is 0 Å². The van der Waals surface area contributed by atoms with Crippen LogP contribution in [0.2, 0.25) is 0 Å². The van der Waals surface area contributed by atoms with E-state index in [1.54, 1.807) is 39.7 Å². The topological polar surface area (TPSA) is 99.8 Å². The summed E-state index contributed by atoms with van der Waals surface area (Å²) in [5.74, 6) is 1.43.